The van der Waals surface area contributed by atoms with Gasteiger partial charge in [-0.25, -0.2) is 0 Å². The minimum Gasteiger partial charge on any atom is -0.378 e. The van der Waals surface area contributed by atoms with Crippen LogP contribution in [0.15, 0.2) is 46.2 Å². The van der Waals surface area contributed by atoms with Gasteiger partial charge in [0.1, 0.15) is 0 Å². The molecule has 5 heteroatoms. The smallest absolute Gasteiger partial charge is 0.0642 e. The summed E-state index contributed by atoms with van der Waals surface area (Å²) in [6.45, 7) is 3.36. The van der Waals surface area contributed by atoms with E-state index in [9.17, 15) is 0 Å². The first-order valence-corrected chi connectivity index (χ1v) is 7.91. The van der Waals surface area contributed by atoms with Gasteiger partial charge in [0.2, 0.25) is 0 Å². The van der Waals surface area contributed by atoms with E-state index in [4.69, 9.17) is 22.2 Å². The predicted molar refractivity (Wildman–Crippen MR) is 90.8 cm³/mol. The normalized spacial score (nSPS) is 21.3. The fraction of sp³-hybridized carbons (Fsp3) is 0.353. The van der Waals surface area contributed by atoms with Gasteiger partial charge < -0.3 is 15.5 Å². The Morgan fingerprint density at radius 1 is 1.14 bits per heavy atom. The molecule has 1 aromatic carbocycles. The second-order valence-electron chi connectivity index (χ2n) is 5.47. The molecule has 1 fully saturated rings. The summed E-state index contributed by atoms with van der Waals surface area (Å²) in [6, 6.07) is 7.93. The lowest BCUT2D eigenvalue weighted by Crippen LogP contribution is -2.36. The first-order chi connectivity index (χ1) is 10.8. The second kappa shape index (κ2) is 6.99. The van der Waals surface area contributed by atoms with E-state index in [1.807, 2.05) is 24.3 Å². The summed E-state index contributed by atoms with van der Waals surface area (Å²) in [4.78, 5) is 2.38. The van der Waals surface area contributed by atoms with Crippen molar-refractivity contribution in [2.24, 2.45) is 10.9 Å². The molecule has 0 atom stereocenters. The SMILES string of the molecule is N/N=C\C1=C(N2CCOCC2)C(=C/c2ccc(Cl)cc2)/CC1. The van der Waals surface area contributed by atoms with Crippen LogP contribution in [-0.2, 0) is 4.74 Å². The molecular weight excluding hydrogens is 298 g/mol. The molecule has 116 valence electrons. The van der Waals surface area contributed by atoms with Crippen molar-refractivity contribution >= 4 is 23.9 Å². The van der Waals surface area contributed by atoms with Crippen LogP contribution < -0.4 is 5.84 Å². The average molecular weight is 318 g/mol. The number of halogens is 1. The highest BCUT2D eigenvalue weighted by molar-refractivity contribution is 6.30. The molecule has 22 heavy (non-hydrogen) atoms. The molecule has 1 saturated heterocycles. The van der Waals surface area contributed by atoms with E-state index in [0.717, 1.165) is 49.7 Å². The molecule has 0 bridgehead atoms. The standard InChI is InChI=1S/C17H20ClN3O/c18-16-5-1-13(2-6-16)11-14-3-4-15(12-20-19)17(14)21-7-9-22-10-8-21/h1-2,5-6,11-12H,3-4,7-10,19H2/b14-11+,20-12-. The summed E-state index contributed by atoms with van der Waals surface area (Å²) in [6.07, 6.45) is 6.01. The molecule has 0 aromatic heterocycles. The Kier molecular flexibility index (Phi) is 4.80. The molecule has 0 spiro atoms. The van der Waals surface area contributed by atoms with Crippen molar-refractivity contribution < 1.29 is 4.74 Å². The maximum Gasteiger partial charge on any atom is 0.0642 e. The van der Waals surface area contributed by atoms with Crippen LogP contribution in [0.25, 0.3) is 6.08 Å². The van der Waals surface area contributed by atoms with E-state index < -0.39 is 0 Å². The lowest BCUT2D eigenvalue weighted by atomic mass is 10.1. The van der Waals surface area contributed by atoms with Gasteiger partial charge in [-0.1, -0.05) is 23.7 Å². The Bertz CT molecular complexity index is 613. The van der Waals surface area contributed by atoms with Crippen molar-refractivity contribution in [3.63, 3.8) is 0 Å². The molecule has 1 heterocycles. The number of nitrogens with two attached hydrogens (primary N) is 1. The Labute approximate surface area is 135 Å². The zero-order valence-electron chi connectivity index (χ0n) is 12.5. The molecule has 4 nitrogen and oxygen atoms in total. The van der Waals surface area contributed by atoms with Crippen molar-refractivity contribution in [2.75, 3.05) is 26.3 Å². The van der Waals surface area contributed by atoms with E-state index >= 15 is 0 Å². The summed E-state index contributed by atoms with van der Waals surface area (Å²) >= 11 is 5.96. The van der Waals surface area contributed by atoms with Gasteiger partial charge in [-0.15, -0.1) is 0 Å². The van der Waals surface area contributed by atoms with Gasteiger partial charge in [-0.2, -0.15) is 5.10 Å². The number of morpholine rings is 1. The summed E-state index contributed by atoms with van der Waals surface area (Å²) < 4.78 is 5.46. The average Bonchev–Trinajstić information content (AvgIpc) is 2.93. The maximum absolute atomic E-state index is 5.96. The largest absolute Gasteiger partial charge is 0.378 e. The molecule has 0 unspecified atom stereocenters. The third-order valence-corrected chi connectivity index (χ3v) is 4.29. The van der Waals surface area contributed by atoms with Gasteiger partial charge in [-0.05, 0) is 47.8 Å². The van der Waals surface area contributed by atoms with Crippen LogP contribution in [0.4, 0.5) is 0 Å². The molecule has 2 N–H and O–H groups in total. The monoisotopic (exact) mass is 317 g/mol. The summed E-state index contributed by atoms with van der Waals surface area (Å²) in [5.41, 5.74) is 4.98. The number of allylic oxidation sites excluding steroid dienone is 2. The predicted octanol–water partition coefficient (Wildman–Crippen LogP) is 3.05. The lowest BCUT2D eigenvalue weighted by molar-refractivity contribution is 0.0548. The van der Waals surface area contributed by atoms with Crippen LogP contribution in [0, 0.1) is 0 Å². The Morgan fingerprint density at radius 2 is 1.86 bits per heavy atom. The number of hydrogen-bond acceptors (Lipinski definition) is 4. The molecule has 0 radical (unpaired) electrons. The summed E-state index contributed by atoms with van der Waals surface area (Å²) in [7, 11) is 0. The fourth-order valence-electron chi connectivity index (χ4n) is 3.02. The molecule has 3 rings (SSSR count). The zero-order valence-corrected chi connectivity index (χ0v) is 13.2. The fourth-order valence-corrected chi connectivity index (χ4v) is 3.15. The number of ether oxygens (including phenoxy) is 1. The highest BCUT2D eigenvalue weighted by Crippen LogP contribution is 2.35. The van der Waals surface area contributed by atoms with E-state index in [-0.39, 0.29) is 0 Å². The van der Waals surface area contributed by atoms with E-state index in [2.05, 4.69) is 16.1 Å². The third kappa shape index (κ3) is 3.34. The van der Waals surface area contributed by atoms with Crippen LogP contribution in [0.1, 0.15) is 18.4 Å². The van der Waals surface area contributed by atoms with Crippen molar-refractivity contribution in [1.29, 1.82) is 0 Å². The summed E-state index contributed by atoms with van der Waals surface area (Å²) in [5, 5.41) is 4.49. The highest BCUT2D eigenvalue weighted by Gasteiger charge is 2.25. The first kappa shape index (κ1) is 15.1. The van der Waals surface area contributed by atoms with Crippen LogP contribution in [0.2, 0.25) is 5.02 Å². The van der Waals surface area contributed by atoms with Crippen LogP contribution in [-0.4, -0.2) is 37.4 Å². The number of benzene rings is 1. The third-order valence-electron chi connectivity index (χ3n) is 4.04. The zero-order chi connectivity index (χ0) is 15.4. The Balaban J connectivity index is 1.93. The first-order valence-electron chi connectivity index (χ1n) is 7.53. The van der Waals surface area contributed by atoms with Gasteiger partial charge in [0.15, 0.2) is 0 Å². The van der Waals surface area contributed by atoms with Crippen LogP contribution >= 0.6 is 11.6 Å². The molecule has 2 aliphatic rings. The van der Waals surface area contributed by atoms with E-state index in [1.54, 1.807) is 6.21 Å². The van der Waals surface area contributed by atoms with Crippen LogP contribution in [0.5, 0.6) is 0 Å². The number of nitrogens with zero attached hydrogens (tertiary/aromatic N) is 2. The maximum atomic E-state index is 5.96. The van der Waals surface area contributed by atoms with Crippen molar-refractivity contribution in [2.45, 2.75) is 12.8 Å². The van der Waals surface area contributed by atoms with Crippen molar-refractivity contribution in [3.8, 4) is 0 Å². The van der Waals surface area contributed by atoms with Crippen LogP contribution in [0.3, 0.4) is 0 Å². The molecule has 0 saturated carbocycles. The molecule has 0 amide bonds. The number of hydrogen-bond donors (Lipinski definition) is 1. The van der Waals surface area contributed by atoms with Crippen molar-refractivity contribution in [3.05, 3.63) is 51.7 Å². The minimum atomic E-state index is 0.758. The van der Waals surface area contributed by atoms with Gasteiger partial charge in [-0.3, -0.25) is 0 Å². The highest BCUT2D eigenvalue weighted by atomic mass is 35.5. The second-order valence-corrected chi connectivity index (χ2v) is 5.91. The molecular formula is C17H20ClN3O. The molecule has 1 aliphatic carbocycles. The number of rotatable bonds is 3. The minimum absolute atomic E-state index is 0.758. The van der Waals surface area contributed by atoms with E-state index in [0.29, 0.717) is 0 Å². The Morgan fingerprint density at radius 3 is 2.55 bits per heavy atom. The summed E-state index contributed by atoms with van der Waals surface area (Å²) in [5.74, 6) is 5.37. The molecule has 1 aromatic rings. The van der Waals surface area contributed by atoms with E-state index in [1.165, 1.54) is 16.8 Å². The van der Waals surface area contributed by atoms with Gasteiger partial charge >= 0.3 is 0 Å². The topological polar surface area (TPSA) is 50.8 Å². The molecule has 1 aliphatic heterocycles. The van der Waals surface area contributed by atoms with Crippen molar-refractivity contribution in [1.82, 2.24) is 4.90 Å². The van der Waals surface area contributed by atoms with Gasteiger partial charge in [0.25, 0.3) is 0 Å². The van der Waals surface area contributed by atoms with Gasteiger partial charge in [0.05, 0.1) is 19.4 Å². The Hall–Kier alpha value is -1.78. The lowest BCUT2D eigenvalue weighted by Gasteiger charge is -2.31. The quantitative estimate of drug-likeness (QED) is 0.529. The van der Waals surface area contributed by atoms with Gasteiger partial charge in [0, 0.05) is 23.8 Å². The number of hydrazone groups is 1.